The molecule has 3 nitrogen and oxygen atoms in total. The zero-order chi connectivity index (χ0) is 9.10. The summed E-state index contributed by atoms with van der Waals surface area (Å²) >= 11 is 0. The molecule has 0 fully saturated rings. The van der Waals surface area contributed by atoms with Gasteiger partial charge in [0, 0.05) is 18.0 Å². The van der Waals surface area contributed by atoms with Crippen LogP contribution in [0.15, 0.2) is 43.0 Å². The summed E-state index contributed by atoms with van der Waals surface area (Å²) in [5.41, 5.74) is 1.82. The number of aromatic hydroxyl groups is 1. The first-order valence-corrected chi connectivity index (χ1v) is 3.91. The van der Waals surface area contributed by atoms with Gasteiger partial charge in [0.2, 0.25) is 0 Å². The van der Waals surface area contributed by atoms with Crippen LogP contribution in [0.4, 0.5) is 0 Å². The van der Waals surface area contributed by atoms with Crippen molar-refractivity contribution < 1.29 is 5.11 Å². The molecule has 0 saturated heterocycles. The molecule has 3 heteroatoms. The number of nitrogens with zero attached hydrogens (tertiary/aromatic N) is 2. The molecule has 2 rings (SSSR count). The lowest BCUT2D eigenvalue weighted by molar-refractivity contribution is 0.475. The predicted octanol–water partition coefficient (Wildman–Crippen LogP) is 1.85. The first-order chi connectivity index (χ1) is 6.36. The van der Waals surface area contributed by atoms with E-state index in [0.29, 0.717) is 0 Å². The van der Waals surface area contributed by atoms with Gasteiger partial charge in [-0.2, -0.15) is 0 Å². The van der Waals surface area contributed by atoms with Gasteiger partial charge in [-0.3, -0.25) is 0 Å². The highest BCUT2D eigenvalue weighted by Crippen LogP contribution is 2.20. The van der Waals surface area contributed by atoms with Crippen molar-refractivity contribution in [1.82, 2.24) is 9.97 Å². The molecule has 0 aliphatic rings. The minimum atomic E-state index is 0.251. The third kappa shape index (κ3) is 1.64. The van der Waals surface area contributed by atoms with E-state index in [-0.39, 0.29) is 5.75 Å². The van der Waals surface area contributed by atoms with E-state index in [1.165, 1.54) is 6.33 Å². The third-order valence-corrected chi connectivity index (χ3v) is 1.74. The van der Waals surface area contributed by atoms with Crippen LogP contribution >= 0.6 is 0 Å². The molecule has 2 aromatic rings. The molecule has 0 unspecified atom stereocenters. The van der Waals surface area contributed by atoms with Crippen LogP contribution in [0, 0.1) is 0 Å². The van der Waals surface area contributed by atoms with Crippen molar-refractivity contribution in [3.8, 4) is 16.9 Å². The van der Waals surface area contributed by atoms with Crippen LogP contribution in [0.2, 0.25) is 0 Å². The second kappa shape index (κ2) is 3.23. The van der Waals surface area contributed by atoms with E-state index in [0.717, 1.165) is 11.1 Å². The van der Waals surface area contributed by atoms with Crippen LogP contribution in [-0.4, -0.2) is 15.1 Å². The third-order valence-electron chi connectivity index (χ3n) is 1.74. The molecular formula is C10H8N2O. The van der Waals surface area contributed by atoms with E-state index in [1.54, 1.807) is 30.6 Å². The Kier molecular flexibility index (Phi) is 1.92. The number of hydrogen-bond donors (Lipinski definition) is 1. The van der Waals surface area contributed by atoms with Crippen molar-refractivity contribution in [2.75, 3.05) is 0 Å². The predicted molar refractivity (Wildman–Crippen MR) is 49.1 cm³/mol. The molecule has 0 spiro atoms. The molecule has 0 atom stereocenters. The summed E-state index contributed by atoms with van der Waals surface area (Å²) in [5, 5.41) is 9.23. The van der Waals surface area contributed by atoms with E-state index in [1.807, 2.05) is 6.07 Å². The Balaban J connectivity index is 2.48. The lowest BCUT2D eigenvalue weighted by atomic mass is 10.1. The summed E-state index contributed by atoms with van der Waals surface area (Å²) in [6.07, 6.45) is 4.90. The zero-order valence-corrected chi connectivity index (χ0v) is 6.88. The molecule has 1 N–H and O–H groups in total. The van der Waals surface area contributed by atoms with Gasteiger partial charge in [-0.15, -0.1) is 0 Å². The SMILES string of the molecule is Oc1cccc(-c2cncnc2)c1. The number of benzene rings is 1. The van der Waals surface area contributed by atoms with Crippen molar-refractivity contribution in [3.63, 3.8) is 0 Å². The summed E-state index contributed by atoms with van der Waals surface area (Å²) in [5.74, 6) is 0.251. The molecule has 0 aliphatic heterocycles. The van der Waals surface area contributed by atoms with Gasteiger partial charge in [0.1, 0.15) is 12.1 Å². The maximum atomic E-state index is 9.23. The van der Waals surface area contributed by atoms with Crippen LogP contribution < -0.4 is 0 Å². The summed E-state index contributed by atoms with van der Waals surface area (Å²) in [6.45, 7) is 0. The van der Waals surface area contributed by atoms with E-state index < -0.39 is 0 Å². The fourth-order valence-electron chi connectivity index (χ4n) is 1.13. The van der Waals surface area contributed by atoms with Gasteiger partial charge in [-0.05, 0) is 17.7 Å². The summed E-state index contributed by atoms with van der Waals surface area (Å²) < 4.78 is 0. The second-order valence-corrected chi connectivity index (χ2v) is 2.68. The average Bonchev–Trinajstić information content (AvgIpc) is 2.19. The molecule has 0 aliphatic carbocycles. The Labute approximate surface area is 75.7 Å². The van der Waals surface area contributed by atoms with Crippen LogP contribution in [0.25, 0.3) is 11.1 Å². The molecule has 0 radical (unpaired) electrons. The Bertz CT molecular complexity index is 401. The van der Waals surface area contributed by atoms with Gasteiger partial charge in [0.05, 0.1) is 0 Å². The summed E-state index contributed by atoms with van der Waals surface area (Å²) in [4.78, 5) is 7.80. The van der Waals surface area contributed by atoms with E-state index in [4.69, 9.17) is 0 Å². The van der Waals surface area contributed by atoms with Gasteiger partial charge < -0.3 is 5.11 Å². The maximum absolute atomic E-state index is 9.23. The second-order valence-electron chi connectivity index (χ2n) is 2.68. The molecule has 64 valence electrons. The standard InChI is InChI=1S/C10H8N2O/c13-10-3-1-2-8(4-10)9-5-11-7-12-6-9/h1-7,13H. The zero-order valence-electron chi connectivity index (χ0n) is 6.88. The lowest BCUT2D eigenvalue weighted by Crippen LogP contribution is -1.80. The van der Waals surface area contributed by atoms with Crippen LogP contribution in [0.3, 0.4) is 0 Å². The molecule has 1 aromatic heterocycles. The Hall–Kier alpha value is -1.90. The molecule has 13 heavy (non-hydrogen) atoms. The van der Waals surface area contributed by atoms with Crippen LogP contribution in [-0.2, 0) is 0 Å². The normalized spacial score (nSPS) is 9.85. The van der Waals surface area contributed by atoms with Crippen LogP contribution in [0.1, 0.15) is 0 Å². The van der Waals surface area contributed by atoms with Gasteiger partial charge in [-0.1, -0.05) is 12.1 Å². The number of aromatic nitrogens is 2. The molecule has 0 saturated carbocycles. The van der Waals surface area contributed by atoms with Crippen molar-refractivity contribution in [3.05, 3.63) is 43.0 Å². The first-order valence-electron chi connectivity index (χ1n) is 3.91. The fourth-order valence-corrected chi connectivity index (χ4v) is 1.13. The minimum Gasteiger partial charge on any atom is -0.508 e. The smallest absolute Gasteiger partial charge is 0.116 e. The van der Waals surface area contributed by atoms with Gasteiger partial charge in [0.25, 0.3) is 0 Å². The van der Waals surface area contributed by atoms with E-state index >= 15 is 0 Å². The molecule has 0 bridgehead atoms. The average molecular weight is 172 g/mol. The molecular weight excluding hydrogens is 164 g/mol. The monoisotopic (exact) mass is 172 g/mol. The van der Waals surface area contributed by atoms with Crippen molar-refractivity contribution in [2.24, 2.45) is 0 Å². The van der Waals surface area contributed by atoms with Gasteiger partial charge >= 0.3 is 0 Å². The summed E-state index contributed by atoms with van der Waals surface area (Å²) in [7, 11) is 0. The number of rotatable bonds is 1. The molecule has 0 amide bonds. The van der Waals surface area contributed by atoms with E-state index in [9.17, 15) is 5.11 Å². The fraction of sp³-hybridized carbons (Fsp3) is 0. The lowest BCUT2D eigenvalue weighted by Gasteiger charge is -1.99. The Morgan fingerprint density at radius 2 is 1.77 bits per heavy atom. The van der Waals surface area contributed by atoms with Crippen LogP contribution in [0.5, 0.6) is 5.75 Å². The number of hydrogen-bond acceptors (Lipinski definition) is 3. The summed E-state index contributed by atoms with van der Waals surface area (Å²) in [6, 6.07) is 7.00. The molecule has 1 aromatic carbocycles. The minimum absolute atomic E-state index is 0.251. The highest BCUT2D eigenvalue weighted by Gasteiger charge is 1.97. The highest BCUT2D eigenvalue weighted by molar-refractivity contribution is 5.62. The Morgan fingerprint density at radius 3 is 2.46 bits per heavy atom. The van der Waals surface area contributed by atoms with Gasteiger partial charge in [0.15, 0.2) is 0 Å². The van der Waals surface area contributed by atoms with Crippen molar-refractivity contribution in [2.45, 2.75) is 0 Å². The van der Waals surface area contributed by atoms with Gasteiger partial charge in [-0.25, -0.2) is 9.97 Å². The quantitative estimate of drug-likeness (QED) is 0.714. The van der Waals surface area contributed by atoms with E-state index in [2.05, 4.69) is 9.97 Å². The first kappa shape index (κ1) is 7.73. The van der Waals surface area contributed by atoms with Crippen molar-refractivity contribution in [1.29, 1.82) is 0 Å². The maximum Gasteiger partial charge on any atom is 0.116 e. The highest BCUT2D eigenvalue weighted by atomic mass is 16.3. The van der Waals surface area contributed by atoms with Crippen molar-refractivity contribution >= 4 is 0 Å². The molecule has 1 heterocycles. The largest absolute Gasteiger partial charge is 0.508 e. The number of phenolic OH excluding ortho intramolecular Hbond substituents is 1. The topological polar surface area (TPSA) is 46.0 Å². The number of phenols is 1. The Morgan fingerprint density at radius 1 is 1.00 bits per heavy atom.